The smallest absolute Gasteiger partial charge is 0.297 e. The van der Waals surface area contributed by atoms with E-state index in [-0.39, 0.29) is 0 Å². The van der Waals surface area contributed by atoms with Crippen molar-refractivity contribution in [1.82, 2.24) is 9.97 Å². The van der Waals surface area contributed by atoms with Gasteiger partial charge >= 0.3 is 0 Å². The Morgan fingerprint density at radius 3 is 2.59 bits per heavy atom. The maximum Gasteiger partial charge on any atom is 0.297 e. The van der Waals surface area contributed by atoms with Crippen molar-refractivity contribution in [2.24, 2.45) is 0 Å². The number of amides is 1. The van der Waals surface area contributed by atoms with Crippen molar-refractivity contribution < 1.29 is 9.59 Å². The molecule has 2 aromatic carbocycles. The highest BCUT2D eigenvalue weighted by Gasteiger charge is 2.23. The Bertz CT molecular complexity index is 1130. The summed E-state index contributed by atoms with van der Waals surface area (Å²) >= 11 is 2.86. The second-order valence-electron chi connectivity index (χ2n) is 5.76. The number of carbonyl (C=O) groups excluding carboxylic acids is 2. The summed E-state index contributed by atoms with van der Waals surface area (Å²) in [5, 5.41) is 4.06. The molecule has 0 bridgehead atoms. The highest BCUT2D eigenvalue weighted by molar-refractivity contribution is 8.00. The van der Waals surface area contributed by atoms with Crippen LogP contribution >= 0.6 is 23.1 Å². The first kappa shape index (κ1) is 17.5. The maximum atomic E-state index is 12.7. The van der Waals surface area contributed by atoms with Crippen LogP contribution in [0.5, 0.6) is 0 Å². The number of thioether (sulfide) groups is 1. The van der Waals surface area contributed by atoms with Crippen molar-refractivity contribution in [3.8, 4) is 11.3 Å². The number of para-hydroxylation sites is 1. The first-order chi connectivity index (χ1) is 13.2. The number of carbonyl (C=O) groups is 2. The third-order valence-corrected chi connectivity index (χ3v) is 6.05. The van der Waals surface area contributed by atoms with Gasteiger partial charge in [0.25, 0.3) is 11.7 Å². The monoisotopic (exact) mass is 393 g/mol. The molecule has 0 spiro atoms. The first-order valence-electron chi connectivity index (χ1n) is 8.19. The number of aromatic nitrogens is 2. The molecule has 0 aliphatic rings. The van der Waals surface area contributed by atoms with Crippen LogP contribution in [0.1, 0.15) is 10.4 Å². The summed E-state index contributed by atoms with van der Waals surface area (Å²) in [6, 6.07) is 17.0. The molecule has 0 radical (unpaired) electrons. The van der Waals surface area contributed by atoms with Crippen molar-refractivity contribution in [3.63, 3.8) is 0 Å². The molecule has 4 aromatic rings. The Morgan fingerprint density at radius 2 is 1.81 bits per heavy atom. The van der Waals surface area contributed by atoms with Gasteiger partial charge in [0.1, 0.15) is 10.7 Å². The van der Waals surface area contributed by atoms with Gasteiger partial charge in [-0.15, -0.1) is 0 Å². The summed E-state index contributed by atoms with van der Waals surface area (Å²) < 4.78 is 0.823. The maximum absolute atomic E-state index is 12.7. The molecule has 0 aliphatic carbocycles. The summed E-state index contributed by atoms with van der Waals surface area (Å²) in [4.78, 5) is 32.9. The molecule has 2 N–H and O–H groups in total. The molecule has 0 unspecified atom stereocenters. The van der Waals surface area contributed by atoms with Crippen LogP contribution in [0.2, 0.25) is 0 Å². The lowest BCUT2D eigenvalue weighted by Crippen LogP contribution is -2.22. The minimum Gasteiger partial charge on any atom is -0.360 e. The zero-order valence-corrected chi connectivity index (χ0v) is 16.0. The second-order valence-corrected chi connectivity index (χ2v) is 7.81. The number of ketones is 1. The van der Waals surface area contributed by atoms with E-state index in [9.17, 15) is 9.59 Å². The van der Waals surface area contributed by atoms with Gasteiger partial charge in [0.05, 0.1) is 5.56 Å². The SMILES string of the molecule is CSc1nc(-c2ccccc2)c(NC(=O)C(=O)c2c[nH]c3ccccc23)s1. The number of aromatic amines is 1. The molecule has 134 valence electrons. The van der Waals surface area contributed by atoms with Crippen molar-refractivity contribution in [3.05, 3.63) is 66.4 Å². The number of nitrogens with one attached hydrogen (secondary N) is 2. The van der Waals surface area contributed by atoms with Crippen LogP contribution in [0.15, 0.2) is 65.1 Å². The fourth-order valence-electron chi connectivity index (χ4n) is 2.81. The van der Waals surface area contributed by atoms with Gasteiger partial charge < -0.3 is 10.3 Å². The summed E-state index contributed by atoms with van der Waals surface area (Å²) in [6.07, 6.45) is 3.50. The van der Waals surface area contributed by atoms with Crippen molar-refractivity contribution in [2.45, 2.75) is 4.34 Å². The van der Waals surface area contributed by atoms with Gasteiger partial charge in [-0.3, -0.25) is 9.59 Å². The first-order valence-corrected chi connectivity index (χ1v) is 10.2. The molecule has 7 heteroatoms. The lowest BCUT2D eigenvalue weighted by Gasteiger charge is -2.04. The largest absolute Gasteiger partial charge is 0.360 e. The molecule has 0 atom stereocenters. The number of Topliss-reactive ketones (excluding diaryl/α,β-unsaturated/α-hetero) is 1. The van der Waals surface area contributed by atoms with Gasteiger partial charge in [-0.05, 0) is 12.3 Å². The Kier molecular flexibility index (Phi) is 4.79. The number of fused-ring (bicyclic) bond motifs is 1. The average molecular weight is 393 g/mol. The summed E-state index contributed by atoms with van der Waals surface area (Å²) in [5.41, 5.74) is 2.74. The van der Waals surface area contributed by atoms with Crippen molar-refractivity contribution >= 4 is 50.7 Å². The minimum absolute atomic E-state index is 0.360. The van der Waals surface area contributed by atoms with E-state index in [0.717, 1.165) is 20.8 Å². The molecule has 2 aromatic heterocycles. The molecular formula is C20H15N3O2S2. The van der Waals surface area contributed by atoms with E-state index in [1.807, 2.05) is 60.9 Å². The molecule has 5 nitrogen and oxygen atoms in total. The predicted octanol–water partition coefficient (Wildman–Crippen LogP) is 4.83. The van der Waals surface area contributed by atoms with Gasteiger partial charge in [-0.1, -0.05) is 71.6 Å². The van der Waals surface area contributed by atoms with E-state index in [1.54, 1.807) is 6.20 Å². The van der Waals surface area contributed by atoms with Gasteiger partial charge in [-0.2, -0.15) is 0 Å². The van der Waals surface area contributed by atoms with Crippen LogP contribution in [-0.4, -0.2) is 27.9 Å². The average Bonchev–Trinajstić information content (AvgIpc) is 3.32. The molecule has 0 fully saturated rings. The third-order valence-electron chi connectivity index (χ3n) is 4.10. The van der Waals surface area contributed by atoms with Crippen LogP contribution in [0.25, 0.3) is 22.2 Å². The summed E-state index contributed by atoms with van der Waals surface area (Å²) in [7, 11) is 0. The number of H-pyrrole nitrogens is 1. The van der Waals surface area contributed by atoms with Crippen LogP contribution < -0.4 is 5.32 Å². The zero-order valence-electron chi connectivity index (χ0n) is 14.4. The molecule has 0 saturated heterocycles. The van der Waals surface area contributed by atoms with E-state index < -0.39 is 11.7 Å². The van der Waals surface area contributed by atoms with E-state index in [4.69, 9.17) is 0 Å². The fraction of sp³-hybridized carbons (Fsp3) is 0.0500. The Morgan fingerprint density at radius 1 is 1.07 bits per heavy atom. The standard InChI is InChI=1S/C20H15N3O2S2/c1-26-20-22-16(12-7-3-2-4-8-12)19(27-20)23-18(25)17(24)14-11-21-15-10-6-5-9-13(14)15/h2-11,21H,1H3,(H,23,25). The Balaban J connectivity index is 1.65. The summed E-state index contributed by atoms with van der Waals surface area (Å²) in [6.45, 7) is 0. The molecule has 0 saturated carbocycles. The molecule has 27 heavy (non-hydrogen) atoms. The van der Waals surface area contributed by atoms with Gasteiger partial charge in [0, 0.05) is 22.7 Å². The van der Waals surface area contributed by atoms with Crippen molar-refractivity contribution in [2.75, 3.05) is 11.6 Å². The van der Waals surface area contributed by atoms with E-state index in [0.29, 0.717) is 16.3 Å². The number of hydrogen-bond donors (Lipinski definition) is 2. The Labute approximate surface area is 163 Å². The second kappa shape index (κ2) is 7.38. The van der Waals surface area contributed by atoms with E-state index in [1.165, 1.54) is 23.1 Å². The van der Waals surface area contributed by atoms with Gasteiger partial charge in [0.15, 0.2) is 4.34 Å². The number of thiazole rings is 1. The molecule has 0 aliphatic heterocycles. The van der Waals surface area contributed by atoms with Crippen LogP contribution in [0.4, 0.5) is 5.00 Å². The lowest BCUT2D eigenvalue weighted by atomic mass is 10.1. The molecule has 1 amide bonds. The van der Waals surface area contributed by atoms with Gasteiger partial charge in [-0.25, -0.2) is 4.98 Å². The third kappa shape index (κ3) is 3.39. The highest BCUT2D eigenvalue weighted by atomic mass is 32.2. The number of hydrogen-bond acceptors (Lipinski definition) is 5. The predicted molar refractivity (Wildman–Crippen MR) is 111 cm³/mol. The van der Waals surface area contributed by atoms with Crippen molar-refractivity contribution in [1.29, 1.82) is 0 Å². The zero-order chi connectivity index (χ0) is 18.8. The number of benzene rings is 2. The van der Waals surface area contributed by atoms with Crippen LogP contribution in [0, 0.1) is 0 Å². The molecule has 2 heterocycles. The number of nitrogens with zero attached hydrogens (tertiary/aromatic N) is 1. The summed E-state index contributed by atoms with van der Waals surface area (Å²) in [5.74, 6) is -1.25. The fourth-order valence-corrected chi connectivity index (χ4v) is 4.29. The van der Waals surface area contributed by atoms with E-state index in [2.05, 4.69) is 15.3 Å². The Hall–Kier alpha value is -2.90. The van der Waals surface area contributed by atoms with Crippen LogP contribution in [0.3, 0.4) is 0 Å². The molecule has 4 rings (SSSR count). The van der Waals surface area contributed by atoms with Gasteiger partial charge in [0.2, 0.25) is 0 Å². The topological polar surface area (TPSA) is 74.8 Å². The number of anilines is 1. The van der Waals surface area contributed by atoms with Crippen LogP contribution in [-0.2, 0) is 4.79 Å². The highest BCUT2D eigenvalue weighted by Crippen LogP contribution is 2.36. The molecular weight excluding hydrogens is 378 g/mol. The normalized spacial score (nSPS) is 10.9. The van der Waals surface area contributed by atoms with E-state index >= 15 is 0 Å². The minimum atomic E-state index is -0.673. The lowest BCUT2D eigenvalue weighted by molar-refractivity contribution is -0.112. The number of rotatable bonds is 5. The quantitative estimate of drug-likeness (QED) is 0.289.